The minimum absolute atomic E-state index is 0.0185. The fourth-order valence-electron chi connectivity index (χ4n) is 2.72. The highest BCUT2D eigenvalue weighted by molar-refractivity contribution is 7.14. The van der Waals surface area contributed by atoms with E-state index >= 15 is 0 Å². The predicted molar refractivity (Wildman–Crippen MR) is 110 cm³/mol. The maximum Gasteiger partial charge on any atom is 0.255 e. The lowest BCUT2D eigenvalue weighted by Gasteiger charge is -2.18. The van der Waals surface area contributed by atoms with E-state index in [0.717, 1.165) is 30.7 Å². The van der Waals surface area contributed by atoms with E-state index in [0.29, 0.717) is 28.3 Å². The Bertz CT molecular complexity index is 806. The van der Waals surface area contributed by atoms with Crippen LogP contribution in [0, 0.1) is 0 Å². The zero-order valence-electron chi connectivity index (χ0n) is 14.7. The van der Waals surface area contributed by atoms with Crippen molar-refractivity contribution >= 4 is 45.6 Å². The minimum atomic E-state index is -0.164. The van der Waals surface area contributed by atoms with Crippen molar-refractivity contribution < 1.29 is 14.3 Å². The van der Waals surface area contributed by atoms with Crippen molar-refractivity contribution in [1.82, 2.24) is 4.98 Å². The number of amides is 1. The maximum atomic E-state index is 12.6. The quantitative estimate of drug-likeness (QED) is 0.567. The van der Waals surface area contributed by atoms with Crippen molar-refractivity contribution in [3.63, 3.8) is 0 Å². The van der Waals surface area contributed by atoms with Gasteiger partial charge >= 0.3 is 0 Å². The number of halogens is 2. The van der Waals surface area contributed by atoms with Crippen molar-refractivity contribution in [2.45, 2.75) is 18.9 Å². The number of benzene rings is 1. The molecule has 27 heavy (non-hydrogen) atoms. The first-order valence-electron chi connectivity index (χ1n) is 8.60. The summed E-state index contributed by atoms with van der Waals surface area (Å²) in [6.45, 7) is 5.26. The van der Waals surface area contributed by atoms with Crippen molar-refractivity contribution in [2.75, 3.05) is 31.3 Å². The largest absolute Gasteiger partial charge is 0.376 e. The fourth-order valence-corrected chi connectivity index (χ4v) is 3.88. The molecule has 0 spiro atoms. The lowest BCUT2D eigenvalue weighted by atomic mass is 10.2. The third-order valence-corrected chi connectivity index (χ3v) is 5.71. The molecule has 8 heteroatoms. The second-order valence-corrected chi connectivity index (χ2v) is 7.74. The Kier molecular flexibility index (Phi) is 7.26. The van der Waals surface area contributed by atoms with Crippen LogP contribution in [0.3, 0.4) is 0 Å². The minimum Gasteiger partial charge on any atom is -0.376 e. The van der Waals surface area contributed by atoms with Crippen molar-refractivity contribution in [1.29, 1.82) is 0 Å². The average Bonchev–Trinajstić information content (AvgIpc) is 3.34. The number of carbonyl (C=O) groups excluding carboxylic acids is 1. The smallest absolute Gasteiger partial charge is 0.255 e. The van der Waals surface area contributed by atoms with E-state index in [1.165, 1.54) is 11.3 Å². The summed E-state index contributed by atoms with van der Waals surface area (Å²) in [4.78, 5) is 18.7. The molecule has 1 aromatic carbocycles. The van der Waals surface area contributed by atoms with E-state index in [4.69, 9.17) is 32.7 Å². The summed E-state index contributed by atoms with van der Waals surface area (Å²) in [5.74, 6) is -0.164. The van der Waals surface area contributed by atoms with Crippen molar-refractivity contribution in [3.05, 3.63) is 46.3 Å². The van der Waals surface area contributed by atoms with Gasteiger partial charge in [-0.15, -0.1) is 17.9 Å². The van der Waals surface area contributed by atoms with E-state index in [9.17, 15) is 4.79 Å². The molecule has 1 amide bonds. The number of hydrogen-bond donors (Lipinski definition) is 0. The van der Waals surface area contributed by atoms with Crippen LogP contribution in [0.25, 0.3) is 11.3 Å². The van der Waals surface area contributed by atoms with Crippen molar-refractivity contribution in [2.24, 2.45) is 0 Å². The number of carbonyl (C=O) groups is 1. The molecule has 2 aromatic rings. The molecule has 5 nitrogen and oxygen atoms in total. The fraction of sp³-hybridized carbons (Fsp3) is 0.368. The molecule has 0 aliphatic carbocycles. The highest BCUT2D eigenvalue weighted by Crippen LogP contribution is 2.31. The predicted octanol–water partition coefficient (Wildman–Crippen LogP) is 4.83. The summed E-state index contributed by atoms with van der Waals surface area (Å²) in [6, 6.07) is 5.33. The van der Waals surface area contributed by atoms with E-state index in [1.54, 1.807) is 23.1 Å². The second-order valence-electron chi connectivity index (χ2n) is 6.09. The van der Waals surface area contributed by atoms with Gasteiger partial charge in [0.1, 0.15) is 6.61 Å². The van der Waals surface area contributed by atoms with E-state index in [1.807, 2.05) is 11.4 Å². The van der Waals surface area contributed by atoms with E-state index < -0.39 is 0 Å². The van der Waals surface area contributed by atoms with Gasteiger partial charge in [-0.25, -0.2) is 4.98 Å². The maximum absolute atomic E-state index is 12.6. The zero-order valence-corrected chi connectivity index (χ0v) is 17.0. The van der Waals surface area contributed by atoms with Crippen molar-refractivity contribution in [3.8, 4) is 11.3 Å². The summed E-state index contributed by atoms with van der Waals surface area (Å²) < 4.78 is 11.0. The number of rotatable bonds is 8. The molecular formula is C19H20Cl2N2O3S. The van der Waals surface area contributed by atoms with Crippen LogP contribution < -0.4 is 4.90 Å². The number of ether oxygens (including phenoxy) is 2. The van der Waals surface area contributed by atoms with Crippen LogP contribution in [0.1, 0.15) is 12.8 Å². The van der Waals surface area contributed by atoms with E-state index in [-0.39, 0.29) is 18.6 Å². The van der Waals surface area contributed by atoms with Crippen LogP contribution in [0.2, 0.25) is 10.0 Å². The van der Waals surface area contributed by atoms with Gasteiger partial charge in [0.2, 0.25) is 0 Å². The lowest BCUT2D eigenvalue weighted by molar-refractivity contribution is -0.124. The third-order valence-electron chi connectivity index (χ3n) is 4.10. The number of nitrogens with zero attached hydrogens (tertiary/aromatic N) is 2. The normalized spacial score (nSPS) is 16.4. The van der Waals surface area contributed by atoms with Gasteiger partial charge in [0.05, 0.1) is 28.5 Å². The molecule has 1 atom stereocenters. The molecule has 1 aliphatic heterocycles. The first kappa shape index (κ1) is 20.3. The molecular weight excluding hydrogens is 407 g/mol. The first-order chi connectivity index (χ1) is 13.1. The van der Waals surface area contributed by atoms with Crippen LogP contribution in [0.4, 0.5) is 5.13 Å². The van der Waals surface area contributed by atoms with Gasteiger partial charge in [-0.05, 0) is 25.0 Å². The van der Waals surface area contributed by atoms with Gasteiger partial charge in [0, 0.05) is 24.1 Å². The number of anilines is 1. The summed E-state index contributed by atoms with van der Waals surface area (Å²) in [6.07, 6.45) is 3.77. The summed E-state index contributed by atoms with van der Waals surface area (Å²) >= 11 is 13.4. The monoisotopic (exact) mass is 426 g/mol. The van der Waals surface area contributed by atoms with Crippen LogP contribution in [0.5, 0.6) is 0 Å². The molecule has 1 unspecified atom stereocenters. The summed E-state index contributed by atoms with van der Waals surface area (Å²) in [5.41, 5.74) is 1.57. The molecule has 144 valence electrons. The van der Waals surface area contributed by atoms with Crippen LogP contribution in [-0.4, -0.2) is 43.4 Å². The van der Waals surface area contributed by atoms with Gasteiger partial charge in [-0.2, -0.15) is 0 Å². The van der Waals surface area contributed by atoms with Gasteiger partial charge < -0.3 is 9.47 Å². The highest BCUT2D eigenvalue weighted by atomic mass is 35.5. The summed E-state index contributed by atoms with van der Waals surface area (Å²) in [7, 11) is 0. The first-order valence-corrected chi connectivity index (χ1v) is 10.2. The Balaban J connectivity index is 1.66. The Hall–Kier alpha value is -1.44. The van der Waals surface area contributed by atoms with Gasteiger partial charge in [0.15, 0.2) is 5.13 Å². The standard InChI is InChI=1S/C19H20Cl2N2O3S/c1-2-7-23(18(24)11-25-10-14-4-3-8-26-14)19-22-17(12-27-19)13-5-6-15(20)16(21)9-13/h2,5-6,9,12,14H,1,3-4,7-8,10-11H2. The Morgan fingerprint density at radius 3 is 3.00 bits per heavy atom. The van der Waals surface area contributed by atoms with Crippen LogP contribution >= 0.6 is 34.5 Å². The van der Waals surface area contributed by atoms with Crippen LogP contribution in [-0.2, 0) is 14.3 Å². The molecule has 1 aliphatic rings. The average molecular weight is 427 g/mol. The highest BCUT2D eigenvalue weighted by Gasteiger charge is 2.21. The molecule has 1 fully saturated rings. The van der Waals surface area contributed by atoms with Gasteiger partial charge in [-0.3, -0.25) is 9.69 Å². The molecule has 3 rings (SSSR count). The van der Waals surface area contributed by atoms with Gasteiger partial charge in [-0.1, -0.05) is 35.3 Å². The molecule has 1 aromatic heterocycles. The molecule has 1 saturated heterocycles. The lowest BCUT2D eigenvalue weighted by Crippen LogP contribution is -2.35. The number of thiazole rings is 1. The number of hydrogen-bond acceptors (Lipinski definition) is 5. The number of aromatic nitrogens is 1. The second kappa shape index (κ2) is 9.66. The zero-order chi connectivity index (χ0) is 19.2. The van der Waals surface area contributed by atoms with Crippen LogP contribution in [0.15, 0.2) is 36.2 Å². The Labute approximate surface area is 172 Å². The Morgan fingerprint density at radius 2 is 2.30 bits per heavy atom. The summed E-state index contributed by atoms with van der Waals surface area (Å²) in [5, 5.41) is 3.42. The SMILES string of the molecule is C=CCN(C(=O)COCC1CCCO1)c1nc(-c2ccc(Cl)c(Cl)c2)cs1. The molecule has 0 bridgehead atoms. The topological polar surface area (TPSA) is 51.7 Å². The van der Waals surface area contributed by atoms with E-state index in [2.05, 4.69) is 11.6 Å². The molecule has 0 radical (unpaired) electrons. The molecule has 2 heterocycles. The molecule has 0 saturated carbocycles. The van der Waals surface area contributed by atoms with Gasteiger partial charge in [0.25, 0.3) is 5.91 Å². The molecule has 0 N–H and O–H groups in total. The Morgan fingerprint density at radius 1 is 1.44 bits per heavy atom. The third kappa shape index (κ3) is 5.30.